The summed E-state index contributed by atoms with van der Waals surface area (Å²) < 4.78 is 5.82. The van der Waals surface area contributed by atoms with E-state index in [0.29, 0.717) is 24.9 Å². The van der Waals surface area contributed by atoms with E-state index in [-0.39, 0.29) is 11.8 Å². The monoisotopic (exact) mass is 418 g/mol. The Hall–Kier alpha value is -3.15. The number of carbonyl (C=O) groups is 1. The second-order valence-electron chi connectivity index (χ2n) is 8.29. The van der Waals surface area contributed by atoms with Crippen LogP contribution >= 0.6 is 0 Å². The third-order valence-corrected chi connectivity index (χ3v) is 5.73. The third kappa shape index (κ3) is 4.63. The van der Waals surface area contributed by atoms with E-state index in [0.717, 1.165) is 47.5 Å². The second-order valence-corrected chi connectivity index (χ2v) is 8.29. The van der Waals surface area contributed by atoms with E-state index in [1.807, 2.05) is 49.4 Å². The number of hydrogen-bond donors (Lipinski definition) is 1. The molecular weight excluding hydrogens is 388 g/mol. The van der Waals surface area contributed by atoms with Crippen LogP contribution in [0.4, 0.5) is 11.5 Å². The molecule has 1 aliphatic rings. The summed E-state index contributed by atoms with van der Waals surface area (Å²) in [7, 11) is 0. The van der Waals surface area contributed by atoms with Crippen molar-refractivity contribution in [3.8, 4) is 5.88 Å². The van der Waals surface area contributed by atoms with Gasteiger partial charge in [0.15, 0.2) is 5.82 Å². The van der Waals surface area contributed by atoms with Crippen molar-refractivity contribution in [3.05, 3.63) is 54.1 Å². The third-order valence-electron chi connectivity index (χ3n) is 5.73. The number of hydrogen-bond acceptors (Lipinski definition) is 5. The van der Waals surface area contributed by atoms with E-state index >= 15 is 0 Å². The van der Waals surface area contributed by atoms with Gasteiger partial charge < -0.3 is 15.0 Å². The highest BCUT2D eigenvalue weighted by Crippen LogP contribution is 2.31. The predicted octanol–water partition coefficient (Wildman–Crippen LogP) is 5.01. The molecule has 1 atom stereocenters. The number of rotatable bonds is 6. The Morgan fingerprint density at radius 2 is 1.84 bits per heavy atom. The van der Waals surface area contributed by atoms with Crippen LogP contribution in [0.3, 0.4) is 0 Å². The number of para-hydroxylation sites is 3. The second kappa shape index (κ2) is 9.33. The molecule has 0 spiro atoms. The lowest BCUT2D eigenvalue weighted by atomic mass is 9.96. The van der Waals surface area contributed by atoms with Gasteiger partial charge in [0.25, 0.3) is 5.88 Å². The van der Waals surface area contributed by atoms with Crippen molar-refractivity contribution in [2.24, 2.45) is 5.92 Å². The molecule has 6 nitrogen and oxygen atoms in total. The smallest absolute Gasteiger partial charge is 0.258 e. The van der Waals surface area contributed by atoms with Crippen molar-refractivity contribution in [2.75, 3.05) is 29.9 Å². The molecule has 1 aromatic heterocycles. The predicted molar refractivity (Wildman–Crippen MR) is 125 cm³/mol. The first-order valence-corrected chi connectivity index (χ1v) is 11.1. The van der Waals surface area contributed by atoms with Crippen LogP contribution in [0.2, 0.25) is 0 Å². The Bertz CT molecular complexity index is 1070. The molecule has 0 radical (unpaired) electrons. The van der Waals surface area contributed by atoms with Gasteiger partial charge >= 0.3 is 0 Å². The molecule has 1 aliphatic heterocycles. The molecule has 1 unspecified atom stereocenters. The molecule has 1 fully saturated rings. The SMILES string of the molecule is CCOc1nc2ccccc2nc1N1CCCC(C(=O)Nc2ccccc2C(C)C)C1. The number of anilines is 2. The van der Waals surface area contributed by atoms with E-state index in [2.05, 4.69) is 35.1 Å². The largest absolute Gasteiger partial charge is 0.475 e. The van der Waals surface area contributed by atoms with Gasteiger partial charge in [-0.2, -0.15) is 0 Å². The quantitative estimate of drug-likeness (QED) is 0.610. The highest BCUT2D eigenvalue weighted by atomic mass is 16.5. The maximum Gasteiger partial charge on any atom is 0.258 e. The minimum atomic E-state index is -0.114. The number of amides is 1. The van der Waals surface area contributed by atoms with Gasteiger partial charge in [0.2, 0.25) is 5.91 Å². The number of ether oxygens (including phenoxy) is 1. The molecule has 1 N–H and O–H groups in total. The highest BCUT2D eigenvalue weighted by molar-refractivity contribution is 5.94. The molecule has 2 aromatic carbocycles. The summed E-state index contributed by atoms with van der Waals surface area (Å²) in [6.45, 7) is 8.17. The fourth-order valence-corrected chi connectivity index (χ4v) is 4.15. The summed E-state index contributed by atoms with van der Waals surface area (Å²) in [4.78, 5) is 24.8. The summed E-state index contributed by atoms with van der Waals surface area (Å²) in [6, 6.07) is 15.8. The summed E-state index contributed by atoms with van der Waals surface area (Å²) in [5, 5.41) is 3.17. The molecule has 3 aromatic rings. The van der Waals surface area contributed by atoms with Gasteiger partial charge in [-0.15, -0.1) is 0 Å². The van der Waals surface area contributed by atoms with Crippen LogP contribution in [0, 0.1) is 5.92 Å². The van der Waals surface area contributed by atoms with E-state index in [9.17, 15) is 4.79 Å². The molecule has 2 heterocycles. The van der Waals surface area contributed by atoms with E-state index in [4.69, 9.17) is 9.72 Å². The van der Waals surface area contributed by atoms with Gasteiger partial charge in [0.1, 0.15) is 0 Å². The summed E-state index contributed by atoms with van der Waals surface area (Å²) >= 11 is 0. The Kier molecular flexibility index (Phi) is 6.35. The van der Waals surface area contributed by atoms with Gasteiger partial charge in [0.05, 0.1) is 23.6 Å². The molecule has 1 saturated heterocycles. The van der Waals surface area contributed by atoms with E-state index in [1.54, 1.807) is 0 Å². The van der Waals surface area contributed by atoms with Crippen LogP contribution in [0.15, 0.2) is 48.5 Å². The first-order chi connectivity index (χ1) is 15.1. The Morgan fingerprint density at radius 1 is 1.13 bits per heavy atom. The first kappa shape index (κ1) is 21.1. The number of fused-ring (bicyclic) bond motifs is 1. The van der Waals surface area contributed by atoms with Gasteiger partial charge in [-0.25, -0.2) is 9.97 Å². The molecule has 6 heteroatoms. The van der Waals surface area contributed by atoms with Gasteiger partial charge in [-0.1, -0.05) is 44.2 Å². The van der Waals surface area contributed by atoms with Crippen molar-refractivity contribution in [2.45, 2.75) is 39.5 Å². The van der Waals surface area contributed by atoms with Crippen molar-refractivity contribution >= 4 is 28.4 Å². The zero-order valence-electron chi connectivity index (χ0n) is 18.5. The van der Waals surface area contributed by atoms with Crippen molar-refractivity contribution in [1.82, 2.24) is 9.97 Å². The zero-order chi connectivity index (χ0) is 21.8. The number of nitrogens with zero attached hydrogens (tertiary/aromatic N) is 3. The van der Waals surface area contributed by atoms with Crippen molar-refractivity contribution in [3.63, 3.8) is 0 Å². The topological polar surface area (TPSA) is 67.4 Å². The van der Waals surface area contributed by atoms with Gasteiger partial charge in [-0.05, 0) is 49.4 Å². The summed E-state index contributed by atoms with van der Waals surface area (Å²) in [5.74, 6) is 1.55. The fraction of sp³-hybridized carbons (Fsp3) is 0.400. The van der Waals surface area contributed by atoms with Crippen LogP contribution in [-0.4, -0.2) is 35.6 Å². The maximum absolute atomic E-state index is 13.1. The summed E-state index contributed by atoms with van der Waals surface area (Å²) in [6.07, 6.45) is 1.78. The molecule has 1 amide bonds. The number of aromatic nitrogens is 2. The molecule has 31 heavy (non-hydrogen) atoms. The normalized spacial score (nSPS) is 16.5. The number of nitrogens with one attached hydrogen (secondary N) is 1. The lowest BCUT2D eigenvalue weighted by Gasteiger charge is -2.33. The minimum Gasteiger partial charge on any atom is -0.475 e. The molecule has 162 valence electrons. The number of benzene rings is 2. The molecule has 0 saturated carbocycles. The molecular formula is C25H30N4O2. The Balaban J connectivity index is 1.56. The lowest BCUT2D eigenvalue weighted by Crippen LogP contribution is -2.41. The van der Waals surface area contributed by atoms with E-state index < -0.39 is 0 Å². The minimum absolute atomic E-state index is 0.0597. The first-order valence-electron chi connectivity index (χ1n) is 11.1. The van der Waals surface area contributed by atoms with Crippen LogP contribution in [0.5, 0.6) is 5.88 Å². The lowest BCUT2D eigenvalue weighted by molar-refractivity contribution is -0.120. The highest BCUT2D eigenvalue weighted by Gasteiger charge is 2.29. The van der Waals surface area contributed by atoms with E-state index in [1.165, 1.54) is 0 Å². The van der Waals surface area contributed by atoms with Crippen molar-refractivity contribution < 1.29 is 9.53 Å². The Morgan fingerprint density at radius 3 is 2.58 bits per heavy atom. The maximum atomic E-state index is 13.1. The van der Waals surface area contributed by atoms with Crippen LogP contribution in [0.1, 0.15) is 45.1 Å². The molecule has 4 rings (SSSR count). The average Bonchev–Trinajstić information content (AvgIpc) is 2.79. The van der Waals surface area contributed by atoms with Crippen LogP contribution < -0.4 is 15.0 Å². The van der Waals surface area contributed by atoms with Gasteiger partial charge in [-0.3, -0.25) is 4.79 Å². The van der Waals surface area contributed by atoms with Gasteiger partial charge in [0, 0.05) is 18.8 Å². The molecule has 0 bridgehead atoms. The molecule has 0 aliphatic carbocycles. The standard InChI is InChI=1S/C25H30N4O2/c1-4-31-25-23(26-21-13-7-8-14-22(21)28-25)29-15-9-10-18(16-29)24(30)27-20-12-6-5-11-19(20)17(2)3/h5-8,11-14,17-18H,4,9-10,15-16H2,1-3H3,(H,27,30). The Labute approximate surface area is 183 Å². The fourth-order valence-electron chi connectivity index (χ4n) is 4.15. The summed E-state index contributed by atoms with van der Waals surface area (Å²) in [5.41, 5.74) is 3.70. The number of piperidine rings is 1. The zero-order valence-corrected chi connectivity index (χ0v) is 18.5. The van der Waals surface area contributed by atoms with Crippen molar-refractivity contribution in [1.29, 1.82) is 0 Å². The number of carbonyl (C=O) groups excluding carboxylic acids is 1. The van der Waals surface area contributed by atoms with Crippen LogP contribution in [0.25, 0.3) is 11.0 Å². The average molecular weight is 419 g/mol. The van der Waals surface area contributed by atoms with Crippen LogP contribution in [-0.2, 0) is 4.79 Å².